The number of nitriles is 1. The molecule has 1 aliphatic rings. The summed E-state index contributed by atoms with van der Waals surface area (Å²) in [4.78, 5) is 0. The Morgan fingerprint density at radius 2 is 1.88 bits per heavy atom. The summed E-state index contributed by atoms with van der Waals surface area (Å²) >= 11 is 0. The molecule has 2 rings (SSSR count). The maximum atomic E-state index is 8.70. The van der Waals surface area contributed by atoms with E-state index in [1.807, 2.05) is 24.3 Å². The van der Waals surface area contributed by atoms with E-state index in [9.17, 15) is 0 Å². The normalized spacial score (nSPS) is 24.8. The maximum absolute atomic E-state index is 8.70. The fraction of sp³-hybridized carbons (Fsp3) is 0.462. The first kappa shape index (κ1) is 11.0. The number of nitrogens with one attached hydrogen (secondary N) is 1. The fourth-order valence-electron chi connectivity index (χ4n) is 2.19. The molecule has 0 saturated heterocycles. The fourth-order valence-corrected chi connectivity index (χ4v) is 2.19. The van der Waals surface area contributed by atoms with Crippen LogP contribution in [0.5, 0.6) is 0 Å². The summed E-state index contributed by atoms with van der Waals surface area (Å²) in [7, 11) is 0. The highest BCUT2D eigenvalue weighted by Gasteiger charge is 2.21. The van der Waals surface area contributed by atoms with Crippen molar-refractivity contribution in [1.29, 1.82) is 5.26 Å². The molecule has 16 heavy (non-hydrogen) atoms. The van der Waals surface area contributed by atoms with Gasteiger partial charge in [-0.25, -0.2) is 0 Å². The Kier molecular flexibility index (Phi) is 3.43. The third kappa shape index (κ3) is 2.53. The second kappa shape index (κ2) is 5.00. The van der Waals surface area contributed by atoms with Crippen molar-refractivity contribution < 1.29 is 0 Å². The van der Waals surface area contributed by atoms with Gasteiger partial charge in [0.2, 0.25) is 0 Å². The lowest BCUT2D eigenvalue weighted by Crippen LogP contribution is -2.42. The van der Waals surface area contributed by atoms with Gasteiger partial charge < -0.3 is 11.1 Å². The molecule has 84 valence electrons. The Hall–Kier alpha value is -1.53. The maximum Gasteiger partial charge on any atom is 0.0991 e. The minimum atomic E-state index is 0.254. The molecule has 0 heterocycles. The molecule has 1 aromatic carbocycles. The van der Waals surface area contributed by atoms with Gasteiger partial charge in [0.25, 0.3) is 0 Å². The standard InChI is InChI=1S/C13H17N3/c14-9-10-5-7-11(8-6-10)16-13-4-2-1-3-12(13)15/h5-8,12-13,16H,1-4,15H2/t12-,13-/m1/s1. The van der Waals surface area contributed by atoms with Gasteiger partial charge in [0, 0.05) is 17.8 Å². The molecule has 3 N–H and O–H groups in total. The monoisotopic (exact) mass is 215 g/mol. The molecule has 3 nitrogen and oxygen atoms in total. The second-order valence-electron chi connectivity index (χ2n) is 4.39. The first-order chi connectivity index (χ1) is 7.79. The lowest BCUT2D eigenvalue weighted by Gasteiger charge is -2.30. The SMILES string of the molecule is N#Cc1ccc(N[C@@H]2CCCC[C@H]2N)cc1. The van der Waals surface area contributed by atoms with Crippen molar-refractivity contribution in [3.8, 4) is 6.07 Å². The average molecular weight is 215 g/mol. The molecule has 2 atom stereocenters. The van der Waals surface area contributed by atoms with Crippen LogP contribution in [-0.4, -0.2) is 12.1 Å². The van der Waals surface area contributed by atoms with Crippen molar-refractivity contribution in [2.45, 2.75) is 37.8 Å². The van der Waals surface area contributed by atoms with Crippen molar-refractivity contribution >= 4 is 5.69 Å². The third-order valence-electron chi connectivity index (χ3n) is 3.19. The summed E-state index contributed by atoms with van der Waals surface area (Å²) in [6.07, 6.45) is 4.74. The highest BCUT2D eigenvalue weighted by Crippen LogP contribution is 2.21. The van der Waals surface area contributed by atoms with Crippen LogP contribution in [0, 0.1) is 11.3 Å². The number of hydrogen-bond donors (Lipinski definition) is 2. The molecule has 0 bridgehead atoms. The Balaban J connectivity index is 2.00. The van der Waals surface area contributed by atoms with Crippen molar-refractivity contribution in [1.82, 2.24) is 0 Å². The number of hydrogen-bond acceptors (Lipinski definition) is 3. The van der Waals surface area contributed by atoms with E-state index in [1.165, 1.54) is 12.8 Å². The average Bonchev–Trinajstić information content (AvgIpc) is 2.33. The minimum absolute atomic E-state index is 0.254. The van der Waals surface area contributed by atoms with E-state index >= 15 is 0 Å². The molecule has 0 amide bonds. The van der Waals surface area contributed by atoms with Crippen LogP contribution in [0.1, 0.15) is 31.2 Å². The van der Waals surface area contributed by atoms with E-state index < -0.39 is 0 Å². The summed E-state index contributed by atoms with van der Waals surface area (Å²) in [5.74, 6) is 0. The van der Waals surface area contributed by atoms with Crippen molar-refractivity contribution in [3.63, 3.8) is 0 Å². The van der Waals surface area contributed by atoms with Gasteiger partial charge >= 0.3 is 0 Å². The summed E-state index contributed by atoms with van der Waals surface area (Å²) in [6, 6.07) is 10.3. The van der Waals surface area contributed by atoms with Gasteiger partial charge in [-0.1, -0.05) is 12.8 Å². The minimum Gasteiger partial charge on any atom is -0.381 e. The number of benzene rings is 1. The van der Waals surface area contributed by atoms with Gasteiger partial charge in [0.05, 0.1) is 11.6 Å². The highest BCUT2D eigenvalue weighted by atomic mass is 15.0. The molecule has 1 saturated carbocycles. The highest BCUT2D eigenvalue weighted by molar-refractivity contribution is 5.48. The third-order valence-corrected chi connectivity index (χ3v) is 3.19. The van der Waals surface area contributed by atoms with Gasteiger partial charge in [-0.2, -0.15) is 5.26 Å². The first-order valence-corrected chi connectivity index (χ1v) is 5.82. The number of anilines is 1. The molecule has 1 aliphatic carbocycles. The van der Waals surface area contributed by atoms with E-state index in [0.29, 0.717) is 11.6 Å². The zero-order valence-electron chi connectivity index (χ0n) is 9.32. The van der Waals surface area contributed by atoms with Gasteiger partial charge in [0.1, 0.15) is 0 Å². The predicted octanol–water partition coefficient (Wildman–Crippen LogP) is 2.24. The van der Waals surface area contributed by atoms with Crippen LogP contribution in [0.25, 0.3) is 0 Å². The molecule has 0 radical (unpaired) electrons. The van der Waals surface area contributed by atoms with Crippen LogP contribution in [0.3, 0.4) is 0 Å². The van der Waals surface area contributed by atoms with E-state index in [4.69, 9.17) is 11.0 Å². The summed E-state index contributed by atoms with van der Waals surface area (Å²) < 4.78 is 0. The number of nitrogens with zero attached hydrogens (tertiary/aromatic N) is 1. The van der Waals surface area contributed by atoms with Gasteiger partial charge in [-0.15, -0.1) is 0 Å². The number of rotatable bonds is 2. The van der Waals surface area contributed by atoms with Crippen LogP contribution >= 0.6 is 0 Å². The van der Waals surface area contributed by atoms with Crippen LogP contribution in [0.4, 0.5) is 5.69 Å². The molecule has 3 heteroatoms. The largest absolute Gasteiger partial charge is 0.381 e. The molecule has 0 aliphatic heterocycles. The van der Waals surface area contributed by atoms with Crippen molar-refractivity contribution in [2.75, 3.05) is 5.32 Å². The van der Waals surface area contributed by atoms with Gasteiger partial charge in [-0.3, -0.25) is 0 Å². The number of nitrogens with two attached hydrogens (primary N) is 1. The van der Waals surface area contributed by atoms with E-state index in [2.05, 4.69) is 11.4 Å². The van der Waals surface area contributed by atoms with Crippen LogP contribution in [0.2, 0.25) is 0 Å². The Morgan fingerprint density at radius 1 is 1.19 bits per heavy atom. The Bertz CT molecular complexity index is 377. The quantitative estimate of drug-likeness (QED) is 0.795. The Labute approximate surface area is 96.3 Å². The molecular formula is C13H17N3. The van der Waals surface area contributed by atoms with Crippen LogP contribution in [-0.2, 0) is 0 Å². The van der Waals surface area contributed by atoms with Gasteiger partial charge in [0.15, 0.2) is 0 Å². The van der Waals surface area contributed by atoms with E-state index in [0.717, 1.165) is 18.5 Å². The summed E-state index contributed by atoms with van der Waals surface area (Å²) in [5, 5.41) is 12.1. The van der Waals surface area contributed by atoms with E-state index in [1.54, 1.807) is 0 Å². The Morgan fingerprint density at radius 3 is 2.50 bits per heavy atom. The zero-order valence-corrected chi connectivity index (χ0v) is 9.32. The van der Waals surface area contributed by atoms with Crippen LogP contribution < -0.4 is 11.1 Å². The molecule has 1 aromatic rings. The zero-order chi connectivity index (χ0) is 11.4. The molecule has 0 unspecified atom stereocenters. The molecule has 1 fully saturated rings. The van der Waals surface area contributed by atoms with Crippen molar-refractivity contribution in [3.05, 3.63) is 29.8 Å². The molecular weight excluding hydrogens is 198 g/mol. The summed E-state index contributed by atoms with van der Waals surface area (Å²) in [5.41, 5.74) is 7.82. The molecule has 0 spiro atoms. The lowest BCUT2D eigenvalue weighted by molar-refractivity contribution is 0.404. The molecule has 0 aromatic heterocycles. The topological polar surface area (TPSA) is 61.8 Å². The van der Waals surface area contributed by atoms with Gasteiger partial charge in [-0.05, 0) is 37.1 Å². The smallest absolute Gasteiger partial charge is 0.0991 e. The summed E-state index contributed by atoms with van der Waals surface area (Å²) in [6.45, 7) is 0. The van der Waals surface area contributed by atoms with Crippen LogP contribution in [0.15, 0.2) is 24.3 Å². The lowest BCUT2D eigenvalue weighted by atomic mass is 9.91. The predicted molar refractivity (Wildman–Crippen MR) is 65.0 cm³/mol. The second-order valence-corrected chi connectivity index (χ2v) is 4.39. The first-order valence-electron chi connectivity index (χ1n) is 5.82. The van der Waals surface area contributed by atoms with E-state index in [-0.39, 0.29) is 6.04 Å². The van der Waals surface area contributed by atoms with Crippen molar-refractivity contribution in [2.24, 2.45) is 5.73 Å².